The second-order valence-corrected chi connectivity index (χ2v) is 4.44. The molecule has 0 aromatic heterocycles. The molecule has 0 spiro atoms. The van der Waals surface area contributed by atoms with Crippen LogP contribution in [-0.2, 0) is 14.3 Å². The summed E-state index contributed by atoms with van der Waals surface area (Å²) in [5, 5.41) is 46.9. The molecule has 0 aromatic rings. The zero-order valence-corrected chi connectivity index (χ0v) is 10.5. The molecular weight excluding hydrogens is 260 g/mol. The molecule has 1 saturated heterocycles. The van der Waals surface area contributed by atoms with Crippen LogP contribution in [0, 0.1) is 0 Å². The summed E-state index contributed by atoms with van der Waals surface area (Å²) in [6, 6.07) is 0. The van der Waals surface area contributed by atoms with Crippen LogP contribution in [0.2, 0.25) is 0 Å². The maximum atomic E-state index is 11.5. The molecule has 8 nitrogen and oxygen atoms in total. The van der Waals surface area contributed by atoms with Gasteiger partial charge in [-0.1, -0.05) is 13.3 Å². The van der Waals surface area contributed by atoms with Crippen LogP contribution < -0.4 is 0 Å². The minimum atomic E-state index is -1.66. The standard InChI is InChI=1S/C11H20O8/c1-2-3-5(13)10(17)19-11-9(16)8(15)7(14)6(4-12)18-11/h5-9,11-16H,2-4H2,1H3/t5?,6-,7-,8+,9-,11?/m1/s1. The van der Waals surface area contributed by atoms with E-state index >= 15 is 0 Å². The molecular formula is C11H20O8. The Bertz CT molecular complexity index is 294. The molecule has 8 heteroatoms. The van der Waals surface area contributed by atoms with Gasteiger partial charge in [-0.25, -0.2) is 4.79 Å². The van der Waals surface area contributed by atoms with Crippen molar-refractivity contribution in [1.29, 1.82) is 0 Å². The van der Waals surface area contributed by atoms with E-state index < -0.39 is 49.4 Å². The summed E-state index contributed by atoms with van der Waals surface area (Å²) >= 11 is 0. The Morgan fingerprint density at radius 2 is 1.89 bits per heavy atom. The van der Waals surface area contributed by atoms with Crippen molar-refractivity contribution in [3.63, 3.8) is 0 Å². The maximum absolute atomic E-state index is 11.5. The average Bonchev–Trinajstić information content (AvgIpc) is 2.39. The molecule has 1 aliphatic heterocycles. The van der Waals surface area contributed by atoms with Crippen LogP contribution in [0.5, 0.6) is 0 Å². The summed E-state index contributed by atoms with van der Waals surface area (Å²) < 4.78 is 9.69. The molecule has 1 heterocycles. The lowest BCUT2D eigenvalue weighted by atomic mass is 9.99. The number of hydrogen-bond acceptors (Lipinski definition) is 8. The van der Waals surface area contributed by atoms with Gasteiger partial charge < -0.3 is 35.0 Å². The third-order valence-electron chi connectivity index (χ3n) is 2.91. The highest BCUT2D eigenvalue weighted by Crippen LogP contribution is 2.22. The van der Waals surface area contributed by atoms with E-state index in [2.05, 4.69) is 0 Å². The van der Waals surface area contributed by atoms with Crippen LogP contribution in [-0.4, -0.2) is 74.9 Å². The van der Waals surface area contributed by atoms with Crippen molar-refractivity contribution in [2.75, 3.05) is 6.61 Å². The van der Waals surface area contributed by atoms with E-state index in [0.29, 0.717) is 6.42 Å². The summed E-state index contributed by atoms with van der Waals surface area (Å²) in [6.45, 7) is 1.15. The van der Waals surface area contributed by atoms with Gasteiger partial charge in [-0.3, -0.25) is 0 Å². The van der Waals surface area contributed by atoms with Crippen molar-refractivity contribution < 1.29 is 39.8 Å². The SMILES string of the molecule is CCCC(O)C(=O)OC1O[C@H](CO)[C@@H](O)[C@H](O)[C@H]1O. The normalized spacial score (nSPS) is 36.8. The lowest BCUT2D eigenvalue weighted by Crippen LogP contribution is -2.59. The maximum Gasteiger partial charge on any atom is 0.337 e. The summed E-state index contributed by atoms with van der Waals surface area (Å²) in [4.78, 5) is 11.5. The lowest BCUT2D eigenvalue weighted by Gasteiger charge is -2.39. The number of hydrogen-bond donors (Lipinski definition) is 5. The fourth-order valence-corrected chi connectivity index (χ4v) is 1.75. The highest BCUT2D eigenvalue weighted by molar-refractivity contribution is 5.74. The lowest BCUT2D eigenvalue weighted by molar-refractivity contribution is -0.294. The smallest absolute Gasteiger partial charge is 0.337 e. The second kappa shape index (κ2) is 7.13. The first-order chi connectivity index (χ1) is 8.92. The molecule has 5 N–H and O–H groups in total. The monoisotopic (exact) mass is 280 g/mol. The van der Waals surface area contributed by atoms with E-state index in [1.165, 1.54) is 0 Å². The Balaban J connectivity index is 2.64. The largest absolute Gasteiger partial charge is 0.431 e. The molecule has 6 atom stereocenters. The number of aliphatic hydroxyl groups excluding tert-OH is 5. The van der Waals surface area contributed by atoms with E-state index in [-0.39, 0.29) is 6.42 Å². The van der Waals surface area contributed by atoms with Crippen molar-refractivity contribution in [2.24, 2.45) is 0 Å². The first-order valence-electron chi connectivity index (χ1n) is 6.11. The van der Waals surface area contributed by atoms with Crippen LogP contribution in [0.3, 0.4) is 0 Å². The number of esters is 1. The van der Waals surface area contributed by atoms with Gasteiger partial charge in [0.25, 0.3) is 0 Å². The Morgan fingerprint density at radius 3 is 2.42 bits per heavy atom. The summed E-state index contributed by atoms with van der Waals surface area (Å²) in [5.74, 6) is -0.994. The molecule has 0 bridgehead atoms. The predicted molar refractivity (Wildman–Crippen MR) is 60.8 cm³/mol. The van der Waals surface area contributed by atoms with E-state index in [4.69, 9.17) is 14.6 Å². The quantitative estimate of drug-likeness (QED) is 0.348. The minimum absolute atomic E-state index is 0.191. The van der Waals surface area contributed by atoms with Crippen LogP contribution in [0.4, 0.5) is 0 Å². The van der Waals surface area contributed by atoms with E-state index in [1.54, 1.807) is 6.92 Å². The average molecular weight is 280 g/mol. The van der Waals surface area contributed by atoms with Crippen molar-refractivity contribution in [1.82, 2.24) is 0 Å². The van der Waals surface area contributed by atoms with Crippen LogP contribution in [0.1, 0.15) is 19.8 Å². The third-order valence-corrected chi connectivity index (χ3v) is 2.91. The molecule has 0 aromatic carbocycles. The Morgan fingerprint density at radius 1 is 1.26 bits per heavy atom. The highest BCUT2D eigenvalue weighted by atomic mass is 16.7. The van der Waals surface area contributed by atoms with Gasteiger partial charge in [-0.15, -0.1) is 0 Å². The van der Waals surface area contributed by atoms with Gasteiger partial charge in [0.2, 0.25) is 6.29 Å². The summed E-state index contributed by atoms with van der Waals surface area (Å²) in [6.07, 6.45) is -8.09. The summed E-state index contributed by atoms with van der Waals surface area (Å²) in [7, 11) is 0. The molecule has 1 aliphatic rings. The zero-order valence-electron chi connectivity index (χ0n) is 10.5. The van der Waals surface area contributed by atoms with Gasteiger partial charge in [-0.2, -0.15) is 0 Å². The molecule has 1 rings (SSSR count). The fourth-order valence-electron chi connectivity index (χ4n) is 1.75. The van der Waals surface area contributed by atoms with E-state index in [1.807, 2.05) is 0 Å². The molecule has 2 unspecified atom stereocenters. The molecule has 112 valence electrons. The van der Waals surface area contributed by atoms with Crippen molar-refractivity contribution in [3.05, 3.63) is 0 Å². The Hall–Kier alpha value is -0.770. The number of ether oxygens (including phenoxy) is 2. The molecule has 0 radical (unpaired) electrons. The fraction of sp³-hybridized carbons (Fsp3) is 0.909. The van der Waals surface area contributed by atoms with Gasteiger partial charge >= 0.3 is 5.97 Å². The number of carbonyl (C=O) groups excluding carboxylic acids is 1. The van der Waals surface area contributed by atoms with Crippen molar-refractivity contribution >= 4 is 5.97 Å². The highest BCUT2D eigenvalue weighted by Gasteiger charge is 2.45. The van der Waals surface area contributed by atoms with Gasteiger partial charge in [0, 0.05) is 0 Å². The minimum Gasteiger partial charge on any atom is -0.431 e. The molecule has 19 heavy (non-hydrogen) atoms. The summed E-state index contributed by atoms with van der Waals surface area (Å²) in [5.41, 5.74) is 0. The third kappa shape index (κ3) is 3.85. The van der Waals surface area contributed by atoms with Crippen molar-refractivity contribution in [2.45, 2.75) is 56.6 Å². The van der Waals surface area contributed by atoms with Crippen molar-refractivity contribution in [3.8, 4) is 0 Å². The second-order valence-electron chi connectivity index (χ2n) is 4.44. The molecule has 0 amide bonds. The van der Waals surface area contributed by atoms with Gasteiger partial charge in [0.1, 0.15) is 24.4 Å². The van der Waals surface area contributed by atoms with Crippen LogP contribution in [0.15, 0.2) is 0 Å². The van der Waals surface area contributed by atoms with Crippen LogP contribution >= 0.6 is 0 Å². The van der Waals surface area contributed by atoms with E-state index in [9.17, 15) is 25.2 Å². The first-order valence-corrected chi connectivity index (χ1v) is 6.11. The number of aliphatic hydroxyl groups is 5. The Kier molecular flexibility index (Phi) is 6.11. The number of carbonyl (C=O) groups is 1. The Labute approximate surface area is 110 Å². The molecule has 0 aliphatic carbocycles. The number of rotatable bonds is 5. The first kappa shape index (κ1) is 16.3. The molecule has 1 fully saturated rings. The van der Waals surface area contributed by atoms with Gasteiger partial charge in [0.05, 0.1) is 6.61 Å². The predicted octanol–water partition coefficient (Wildman–Crippen LogP) is -2.51. The van der Waals surface area contributed by atoms with E-state index in [0.717, 1.165) is 0 Å². The van der Waals surface area contributed by atoms with Gasteiger partial charge in [-0.05, 0) is 6.42 Å². The topological polar surface area (TPSA) is 137 Å². The van der Waals surface area contributed by atoms with Gasteiger partial charge in [0.15, 0.2) is 6.10 Å². The zero-order chi connectivity index (χ0) is 14.6. The molecule has 0 saturated carbocycles. The van der Waals surface area contributed by atoms with Crippen LogP contribution in [0.25, 0.3) is 0 Å².